The van der Waals surface area contributed by atoms with Crippen LogP contribution in [-0.4, -0.2) is 42.5 Å². The van der Waals surface area contributed by atoms with Gasteiger partial charge in [0.25, 0.3) is 0 Å². The van der Waals surface area contributed by atoms with E-state index in [9.17, 15) is 17.8 Å². The fourth-order valence-corrected chi connectivity index (χ4v) is 1.21. The van der Waals surface area contributed by atoms with Crippen molar-refractivity contribution >= 4 is 16.1 Å². The summed E-state index contributed by atoms with van der Waals surface area (Å²) in [5.74, 6) is -1.66. The van der Waals surface area contributed by atoms with E-state index in [4.69, 9.17) is 5.11 Å². The zero-order valence-corrected chi connectivity index (χ0v) is 12.5. The SMILES string of the molecule is CC=CC(=O)OCC(O)CS(=O)(=O)[O-].[K+]. The van der Waals surface area contributed by atoms with Gasteiger partial charge in [-0.1, -0.05) is 6.08 Å². The Morgan fingerprint density at radius 2 is 2.13 bits per heavy atom. The van der Waals surface area contributed by atoms with Gasteiger partial charge in [-0.3, -0.25) is 0 Å². The van der Waals surface area contributed by atoms with Crippen molar-refractivity contribution in [1.82, 2.24) is 0 Å². The molecular formula is C7H11KO6S. The smallest absolute Gasteiger partial charge is 0.748 e. The van der Waals surface area contributed by atoms with Gasteiger partial charge in [-0.05, 0) is 6.92 Å². The summed E-state index contributed by atoms with van der Waals surface area (Å²) in [6.45, 7) is 1.09. The summed E-state index contributed by atoms with van der Waals surface area (Å²) < 4.78 is 34.8. The molecule has 0 rings (SSSR count). The average Bonchev–Trinajstić information content (AvgIpc) is 1.98. The molecule has 0 saturated carbocycles. The second-order valence-electron chi connectivity index (χ2n) is 2.51. The van der Waals surface area contributed by atoms with E-state index in [0.29, 0.717) is 0 Å². The number of aliphatic hydroxyl groups excluding tert-OH is 1. The molecule has 8 heteroatoms. The summed E-state index contributed by atoms with van der Waals surface area (Å²) >= 11 is 0. The van der Waals surface area contributed by atoms with Crippen molar-refractivity contribution in [2.75, 3.05) is 12.4 Å². The zero-order chi connectivity index (χ0) is 11.2. The van der Waals surface area contributed by atoms with E-state index in [1.807, 2.05) is 0 Å². The third-order valence-corrected chi connectivity index (χ3v) is 1.91. The Morgan fingerprint density at radius 1 is 1.60 bits per heavy atom. The summed E-state index contributed by atoms with van der Waals surface area (Å²) in [6.07, 6.45) is 1.06. The van der Waals surface area contributed by atoms with Gasteiger partial charge in [0, 0.05) is 6.08 Å². The first-order chi connectivity index (χ1) is 6.35. The van der Waals surface area contributed by atoms with Gasteiger partial charge >= 0.3 is 57.4 Å². The van der Waals surface area contributed by atoms with Crippen LogP contribution in [0.4, 0.5) is 0 Å². The molecule has 1 N–H and O–H groups in total. The summed E-state index contributed by atoms with van der Waals surface area (Å²) in [5, 5.41) is 8.92. The Balaban J connectivity index is 0. The average molecular weight is 262 g/mol. The first-order valence-electron chi connectivity index (χ1n) is 3.76. The van der Waals surface area contributed by atoms with Gasteiger partial charge in [0.05, 0.1) is 15.9 Å². The number of allylic oxidation sites excluding steroid dienone is 1. The van der Waals surface area contributed by atoms with Crippen LogP contribution < -0.4 is 51.4 Å². The molecule has 0 aromatic carbocycles. The molecule has 1 atom stereocenters. The second-order valence-corrected chi connectivity index (χ2v) is 3.96. The van der Waals surface area contributed by atoms with Crippen molar-refractivity contribution in [1.29, 1.82) is 0 Å². The topological polar surface area (TPSA) is 104 Å². The van der Waals surface area contributed by atoms with Gasteiger partial charge < -0.3 is 14.4 Å². The molecule has 0 spiro atoms. The zero-order valence-electron chi connectivity index (χ0n) is 8.54. The number of hydrogen-bond acceptors (Lipinski definition) is 6. The minimum Gasteiger partial charge on any atom is -0.748 e. The minimum atomic E-state index is -4.49. The van der Waals surface area contributed by atoms with Gasteiger partial charge in [0.15, 0.2) is 0 Å². The third-order valence-electron chi connectivity index (χ3n) is 1.12. The molecule has 0 aromatic heterocycles. The molecule has 0 aromatic rings. The van der Waals surface area contributed by atoms with E-state index in [1.54, 1.807) is 6.92 Å². The van der Waals surface area contributed by atoms with Gasteiger partial charge in [-0.15, -0.1) is 0 Å². The van der Waals surface area contributed by atoms with Crippen LogP contribution in [0.3, 0.4) is 0 Å². The van der Waals surface area contributed by atoms with Crippen LogP contribution in [0, 0.1) is 0 Å². The van der Waals surface area contributed by atoms with Gasteiger partial charge in [-0.25, -0.2) is 13.2 Å². The quantitative estimate of drug-likeness (QED) is 0.234. The Morgan fingerprint density at radius 3 is 2.53 bits per heavy atom. The van der Waals surface area contributed by atoms with Crippen LogP contribution in [0.25, 0.3) is 0 Å². The molecule has 0 amide bonds. The maximum Gasteiger partial charge on any atom is 1.00 e. The van der Waals surface area contributed by atoms with E-state index in [-0.39, 0.29) is 51.4 Å². The Hall–Kier alpha value is 0.716. The number of aliphatic hydroxyl groups is 1. The Bertz CT molecular complexity index is 309. The molecule has 0 bridgehead atoms. The van der Waals surface area contributed by atoms with E-state index >= 15 is 0 Å². The number of rotatable bonds is 5. The predicted octanol–water partition coefficient (Wildman–Crippen LogP) is -3.98. The second kappa shape index (κ2) is 8.82. The molecule has 0 radical (unpaired) electrons. The van der Waals surface area contributed by atoms with Crippen molar-refractivity contribution in [2.24, 2.45) is 0 Å². The van der Waals surface area contributed by atoms with E-state index in [2.05, 4.69) is 4.74 Å². The third kappa shape index (κ3) is 12.6. The monoisotopic (exact) mass is 262 g/mol. The van der Waals surface area contributed by atoms with Crippen molar-refractivity contribution in [2.45, 2.75) is 13.0 Å². The predicted molar refractivity (Wildman–Crippen MR) is 46.3 cm³/mol. The first kappa shape index (κ1) is 18.1. The minimum absolute atomic E-state index is 0. The van der Waals surface area contributed by atoms with E-state index in [0.717, 1.165) is 6.08 Å². The molecule has 6 nitrogen and oxygen atoms in total. The van der Waals surface area contributed by atoms with E-state index in [1.165, 1.54) is 6.08 Å². The molecule has 0 fully saturated rings. The van der Waals surface area contributed by atoms with Crippen LogP contribution in [0.1, 0.15) is 6.92 Å². The summed E-state index contributed by atoms with van der Waals surface area (Å²) in [7, 11) is -4.49. The molecule has 0 aliphatic rings. The summed E-state index contributed by atoms with van der Waals surface area (Å²) in [6, 6.07) is 0. The maximum absolute atomic E-state index is 10.7. The fraction of sp³-hybridized carbons (Fsp3) is 0.571. The van der Waals surface area contributed by atoms with Gasteiger partial charge in [0.2, 0.25) is 0 Å². The number of carbonyl (C=O) groups is 1. The molecule has 1 unspecified atom stereocenters. The van der Waals surface area contributed by atoms with E-state index < -0.39 is 34.6 Å². The molecule has 82 valence electrons. The Labute approximate surface area is 131 Å². The van der Waals surface area contributed by atoms with Gasteiger partial charge in [0.1, 0.15) is 12.7 Å². The standard InChI is InChI=1S/C7H12O6S.K/c1-2-3-7(9)13-4-6(8)5-14(10,11)12;/h2-3,6,8H,4-5H2,1H3,(H,10,11,12);/q;+1/p-1. The molecule has 0 aliphatic carbocycles. The van der Waals surface area contributed by atoms with Crippen molar-refractivity contribution in [3.8, 4) is 0 Å². The molecule has 15 heavy (non-hydrogen) atoms. The maximum atomic E-state index is 10.7. The van der Waals surface area contributed by atoms with Gasteiger partial charge in [-0.2, -0.15) is 0 Å². The summed E-state index contributed by atoms with van der Waals surface area (Å²) in [5.41, 5.74) is 0. The largest absolute Gasteiger partial charge is 1.00 e. The number of esters is 1. The first-order valence-corrected chi connectivity index (χ1v) is 5.34. The normalized spacial score (nSPS) is 13.3. The number of hydrogen-bond donors (Lipinski definition) is 1. The molecule has 0 saturated heterocycles. The van der Waals surface area contributed by atoms with Crippen LogP contribution in [0.2, 0.25) is 0 Å². The number of ether oxygens (including phenoxy) is 1. The van der Waals surface area contributed by atoms with Crippen LogP contribution in [0.5, 0.6) is 0 Å². The van der Waals surface area contributed by atoms with Crippen molar-refractivity contribution in [3.05, 3.63) is 12.2 Å². The summed E-state index contributed by atoms with van der Waals surface area (Å²) in [4.78, 5) is 10.7. The van der Waals surface area contributed by atoms with Crippen molar-refractivity contribution < 1.29 is 79.0 Å². The van der Waals surface area contributed by atoms with Crippen LogP contribution >= 0.6 is 0 Å². The van der Waals surface area contributed by atoms with Crippen molar-refractivity contribution in [3.63, 3.8) is 0 Å². The molecule has 0 heterocycles. The van der Waals surface area contributed by atoms with Crippen LogP contribution in [0.15, 0.2) is 12.2 Å². The Kier molecular flexibility index (Phi) is 10.6. The fourth-order valence-electron chi connectivity index (χ4n) is 0.646. The molecule has 0 aliphatic heterocycles. The molecular weight excluding hydrogens is 251 g/mol. The van der Waals surface area contributed by atoms with Crippen LogP contribution in [-0.2, 0) is 19.6 Å². The number of carbonyl (C=O) groups excluding carboxylic acids is 1.